The summed E-state index contributed by atoms with van der Waals surface area (Å²) in [5.41, 5.74) is 2.01. The number of likely N-dealkylation sites (N-methyl/N-ethyl adjacent to an activating group) is 1. The Kier molecular flexibility index (Phi) is 4.13. The Bertz CT molecular complexity index is 899. The standard InChI is InChI=1S/C19H18N2O4S/c1-3-25-19(24)15-13-8-9-20(2)10-14(13)26-18(15)21-16(22)11-6-4-5-7-12(11)17(21)23/h4-7H,3,8-10H2,1-2H3. The van der Waals surface area contributed by atoms with E-state index in [0.717, 1.165) is 21.9 Å². The molecule has 0 N–H and O–H groups in total. The molecule has 0 saturated carbocycles. The predicted molar refractivity (Wildman–Crippen MR) is 97.9 cm³/mol. The maximum absolute atomic E-state index is 12.9. The molecule has 0 saturated heterocycles. The Labute approximate surface area is 155 Å². The highest BCUT2D eigenvalue weighted by molar-refractivity contribution is 7.17. The lowest BCUT2D eigenvalue weighted by atomic mass is 10.0. The second-order valence-corrected chi connectivity index (χ2v) is 7.47. The molecule has 0 bridgehead atoms. The quantitative estimate of drug-likeness (QED) is 0.614. The molecule has 2 aliphatic rings. The summed E-state index contributed by atoms with van der Waals surface area (Å²) >= 11 is 1.34. The Hall–Kier alpha value is -2.51. The first-order valence-electron chi connectivity index (χ1n) is 8.51. The van der Waals surface area contributed by atoms with Crippen LogP contribution in [0.5, 0.6) is 0 Å². The number of benzene rings is 1. The Morgan fingerprint density at radius 2 is 1.85 bits per heavy atom. The third-order valence-corrected chi connectivity index (χ3v) is 5.91. The van der Waals surface area contributed by atoms with E-state index in [1.165, 1.54) is 11.3 Å². The summed E-state index contributed by atoms with van der Waals surface area (Å²) in [5, 5.41) is 0.384. The number of esters is 1. The summed E-state index contributed by atoms with van der Waals surface area (Å²) in [6, 6.07) is 6.74. The van der Waals surface area contributed by atoms with E-state index in [1.807, 2.05) is 7.05 Å². The molecule has 0 radical (unpaired) electrons. The van der Waals surface area contributed by atoms with Crippen LogP contribution in [0.1, 0.15) is 48.4 Å². The van der Waals surface area contributed by atoms with Gasteiger partial charge < -0.3 is 9.64 Å². The molecule has 2 aliphatic heterocycles. The van der Waals surface area contributed by atoms with Crippen molar-refractivity contribution in [2.75, 3.05) is 25.1 Å². The first-order valence-corrected chi connectivity index (χ1v) is 9.32. The zero-order valence-electron chi connectivity index (χ0n) is 14.6. The van der Waals surface area contributed by atoms with Crippen LogP contribution in [0.25, 0.3) is 0 Å². The van der Waals surface area contributed by atoms with Gasteiger partial charge in [0, 0.05) is 18.0 Å². The molecule has 7 heteroatoms. The van der Waals surface area contributed by atoms with E-state index in [1.54, 1.807) is 31.2 Å². The molecule has 0 unspecified atom stereocenters. The van der Waals surface area contributed by atoms with Crippen molar-refractivity contribution in [2.24, 2.45) is 0 Å². The number of rotatable bonds is 3. The topological polar surface area (TPSA) is 66.9 Å². The second-order valence-electron chi connectivity index (χ2n) is 6.38. The van der Waals surface area contributed by atoms with Crippen molar-refractivity contribution in [1.29, 1.82) is 0 Å². The number of anilines is 1. The summed E-state index contributed by atoms with van der Waals surface area (Å²) in [6.07, 6.45) is 0.694. The minimum Gasteiger partial charge on any atom is -0.462 e. The van der Waals surface area contributed by atoms with Crippen molar-refractivity contribution in [3.63, 3.8) is 0 Å². The predicted octanol–water partition coefficient (Wildman–Crippen LogP) is 2.71. The van der Waals surface area contributed by atoms with Crippen molar-refractivity contribution >= 4 is 34.1 Å². The van der Waals surface area contributed by atoms with Gasteiger partial charge in [-0.3, -0.25) is 9.59 Å². The molecule has 0 atom stereocenters. The third-order valence-electron chi connectivity index (χ3n) is 4.71. The van der Waals surface area contributed by atoms with Gasteiger partial charge in [-0.2, -0.15) is 0 Å². The Morgan fingerprint density at radius 3 is 2.46 bits per heavy atom. The molecule has 1 aromatic carbocycles. The van der Waals surface area contributed by atoms with E-state index in [9.17, 15) is 14.4 Å². The number of thiophene rings is 1. The monoisotopic (exact) mass is 370 g/mol. The number of carbonyl (C=O) groups is 3. The van der Waals surface area contributed by atoms with E-state index in [-0.39, 0.29) is 18.4 Å². The summed E-state index contributed by atoms with van der Waals surface area (Å²) in [5.74, 6) is -1.24. The van der Waals surface area contributed by atoms with Crippen LogP contribution in [-0.2, 0) is 17.7 Å². The van der Waals surface area contributed by atoms with Crippen molar-refractivity contribution < 1.29 is 19.1 Å². The van der Waals surface area contributed by atoms with Crippen LogP contribution in [0.15, 0.2) is 24.3 Å². The molecule has 6 nitrogen and oxygen atoms in total. The van der Waals surface area contributed by atoms with Crippen molar-refractivity contribution in [3.05, 3.63) is 51.4 Å². The third kappa shape index (κ3) is 2.47. The lowest BCUT2D eigenvalue weighted by molar-refractivity contribution is 0.0526. The van der Waals surface area contributed by atoms with E-state index in [4.69, 9.17) is 4.74 Å². The van der Waals surface area contributed by atoms with Crippen LogP contribution in [0, 0.1) is 0 Å². The molecule has 134 valence electrons. The fraction of sp³-hybridized carbons (Fsp3) is 0.316. The van der Waals surface area contributed by atoms with Crippen LogP contribution in [0.4, 0.5) is 5.00 Å². The summed E-state index contributed by atoms with van der Waals surface area (Å²) in [4.78, 5) is 42.7. The molecular weight excluding hydrogens is 352 g/mol. The first kappa shape index (κ1) is 16.9. The normalized spacial score (nSPS) is 16.6. The minimum absolute atomic E-state index is 0.241. The van der Waals surface area contributed by atoms with E-state index in [0.29, 0.717) is 34.7 Å². The van der Waals surface area contributed by atoms with Crippen molar-refractivity contribution in [3.8, 4) is 0 Å². The maximum atomic E-state index is 12.9. The lowest BCUT2D eigenvalue weighted by Gasteiger charge is -2.22. The van der Waals surface area contributed by atoms with Crippen LogP contribution < -0.4 is 4.90 Å². The number of hydrogen-bond donors (Lipinski definition) is 0. The molecule has 3 heterocycles. The van der Waals surface area contributed by atoms with Gasteiger partial charge in [0.15, 0.2) is 0 Å². The molecule has 2 aromatic rings. The van der Waals surface area contributed by atoms with Gasteiger partial charge in [0.1, 0.15) is 5.00 Å². The highest BCUT2D eigenvalue weighted by Gasteiger charge is 2.41. The number of hydrogen-bond acceptors (Lipinski definition) is 6. The number of carbonyl (C=O) groups excluding carboxylic acids is 3. The van der Waals surface area contributed by atoms with Gasteiger partial charge in [0.25, 0.3) is 11.8 Å². The molecule has 2 amide bonds. The van der Waals surface area contributed by atoms with Crippen LogP contribution >= 0.6 is 11.3 Å². The minimum atomic E-state index is -0.471. The van der Waals surface area contributed by atoms with E-state index < -0.39 is 5.97 Å². The van der Waals surface area contributed by atoms with Gasteiger partial charge in [0.05, 0.1) is 23.3 Å². The van der Waals surface area contributed by atoms with Gasteiger partial charge >= 0.3 is 5.97 Å². The number of ether oxygens (including phenoxy) is 1. The zero-order chi connectivity index (χ0) is 18.4. The van der Waals surface area contributed by atoms with Gasteiger partial charge in [-0.1, -0.05) is 12.1 Å². The Balaban J connectivity index is 1.86. The SMILES string of the molecule is CCOC(=O)c1c(N2C(=O)c3ccccc3C2=O)sc2c1CCN(C)C2. The molecule has 1 aromatic heterocycles. The lowest BCUT2D eigenvalue weighted by Crippen LogP contribution is -2.30. The molecule has 4 rings (SSSR count). The molecule has 0 aliphatic carbocycles. The first-order chi connectivity index (χ1) is 12.5. The fourth-order valence-corrected chi connectivity index (χ4v) is 4.87. The highest BCUT2D eigenvalue weighted by Crippen LogP contribution is 2.42. The van der Waals surface area contributed by atoms with E-state index in [2.05, 4.69) is 4.90 Å². The van der Waals surface area contributed by atoms with Gasteiger partial charge in [-0.25, -0.2) is 9.69 Å². The number of nitrogens with zero attached hydrogens (tertiary/aromatic N) is 2. The van der Waals surface area contributed by atoms with Crippen molar-refractivity contribution in [2.45, 2.75) is 19.9 Å². The van der Waals surface area contributed by atoms with Gasteiger partial charge in [-0.05, 0) is 38.1 Å². The van der Waals surface area contributed by atoms with E-state index >= 15 is 0 Å². The molecule has 0 spiro atoms. The maximum Gasteiger partial charge on any atom is 0.341 e. The molecule has 0 fully saturated rings. The summed E-state index contributed by atoms with van der Waals surface area (Å²) < 4.78 is 5.23. The van der Waals surface area contributed by atoms with Gasteiger partial charge in [-0.15, -0.1) is 11.3 Å². The number of imide groups is 1. The highest BCUT2D eigenvalue weighted by atomic mass is 32.1. The summed E-state index contributed by atoms with van der Waals surface area (Å²) in [7, 11) is 2.01. The molecular formula is C19H18N2O4S. The second kappa shape index (κ2) is 6.34. The average Bonchev–Trinajstić information content (AvgIpc) is 3.10. The fourth-order valence-electron chi connectivity index (χ4n) is 3.46. The summed E-state index contributed by atoms with van der Waals surface area (Å²) in [6.45, 7) is 3.49. The number of fused-ring (bicyclic) bond motifs is 2. The average molecular weight is 370 g/mol. The molecule has 26 heavy (non-hydrogen) atoms. The largest absolute Gasteiger partial charge is 0.462 e. The van der Waals surface area contributed by atoms with Crippen LogP contribution in [0.3, 0.4) is 0 Å². The van der Waals surface area contributed by atoms with Crippen LogP contribution in [-0.4, -0.2) is 42.9 Å². The number of amides is 2. The zero-order valence-corrected chi connectivity index (χ0v) is 15.4. The van der Waals surface area contributed by atoms with Gasteiger partial charge in [0.2, 0.25) is 0 Å². The Morgan fingerprint density at radius 1 is 1.19 bits per heavy atom. The smallest absolute Gasteiger partial charge is 0.341 e. The van der Waals surface area contributed by atoms with Crippen LogP contribution in [0.2, 0.25) is 0 Å². The van der Waals surface area contributed by atoms with Crippen molar-refractivity contribution in [1.82, 2.24) is 4.90 Å².